The van der Waals surface area contributed by atoms with Crippen LogP contribution in [0.3, 0.4) is 0 Å². The average molecular weight is 301 g/mol. The van der Waals surface area contributed by atoms with Crippen molar-refractivity contribution in [2.75, 3.05) is 18.9 Å². The van der Waals surface area contributed by atoms with Gasteiger partial charge in [-0.2, -0.15) is 5.10 Å². The Morgan fingerprint density at radius 3 is 2.70 bits per heavy atom. The van der Waals surface area contributed by atoms with Gasteiger partial charge in [0.25, 0.3) is 0 Å². The first kappa shape index (κ1) is 17.0. The molecule has 0 atom stereocenters. The molecule has 1 aromatic rings. The lowest BCUT2D eigenvalue weighted by Gasteiger charge is -2.10. The highest BCUT2D eigenvalue weighted by Gasteiger charge is 2.17. The summed E-state index contributed by atoms with van der Waals surface area (Å²) in [5, 5.41) is 13.1. The molecule has 0 unspecified atom stereocenters. The summed E-state index contributed by atoms with van der Waals surface area (Å²) in [4.78, 5) is 11.6. The van der Waals surface area contributed by atoms with Crippen molar-refractivity contribution in [3.8, 4) is 0 Å². The van der Waals surface area contributed by atoms with Crippen LogP contribution in [-0.4, -0.2) is 29.7 Å². The minimum absolute atomic E-state index is 0. The number of hydrogen-bond donors (Lipinski definition) is 3. The summed E-state index contributed by atoms with van der Waals surface area (Å²) in [5.41, 5.74) is 1.17. The second-order valence-electron chi connectivity index (χ2n) is 5.30. The molecule has 2 rings (SSSR count). The Labute approximate surface area is 126 Å². The van der Waals surface area contributed by atoms with E-state index in [4.69, 9.17) is 0 Å². The monoisotopic (exact) mass is 300 g/mol. The molecule has 0 aromatic carbocycles. The van der Waals surface area contributed by atoms with Gasteiger partial charge in [-0.3, -0.25) is 9.89 Å². The molecule has 3 N–H and O–H groups in total. The summed E-state index contributed by atoms with van der Waals surface area (Å²) in [6.45, 7) is 0.686. The molecule has 1 fully saturated rings. The van der Waals surface area contributed by atoms with Crippen LogP contribution in [-0.2, 0) is 4.79 Å². The van der Waals surface area contributed by atoms with Gasteiger partial charge in [-0.05, 0) is 19.9 Å². The molecule has 5 nitrogen and oxygen atoms in total. The Bertz CT molecular complexity index is 400. The molecular weight excluding hydrogens is 276 g/mol. The van der Waals surface area contributed by atoms with Crippen molar-refractivity contribution in [3.05, 3.63) is 11.8 Å². The molecule has 0 saturated heterocycles. The van der Waals surface area contributed by atoms with Crippen LogP contribution in [0.4, 0.5) is 5.82 Å². The van der Waals surface area contributed by atoms with Crippen molar-refractivity contribution in [1.29, 1.82) is 0 Å². The first-order valence-electron chi connectivity index (χ1n) is 7.29. The molecule has 1 heterocycles. The molecule has 1 amide bonds. The zero-order valence-corrected chi connectivity index (χ0v) is 12.9. The van der Waals surface area contributed by atoms with E-state index in [0.29, 0.717) is 24.7 Å². The third-order valence-electron chi connectivity index (χ3n) is 3.76. The van der Waals surface area contributed by atoms with Crippen LogP contribution < -0.4 is 10.6 Å². The second-order valence-corrected chi connectivity index (χ2v) is 5.30. The molecule has 1 saturated carbocycles. The molecule has 1 aliphatic carbocycles. The van der Waals surface area contributed by atoms with Crippen molar-refractivity contribution in [2.24, 2.45) is 0 Å². The van der Waals surface area contributed by atoms with Crippen molar-refractivity contribution in [3.63, 3.8) is 0 Å². The minimum Gasteiger partial charge on any atom is -0.319 e. The summed E-state index contributed by atoms with van der Waals surface area (Å²) < 4.78 is 0. The lowest BCUT2D eigenvalue weighted by atomic mass is 9.97. The number of anilines is 1. The molecule has 20 heavy (non-hydrogen) atoms. The summed E-state index contributed by atoms with van der Waals surface area (Å²) in [6.07, 6.45) is 8.23. The minimum atomic E-state index is 0. The Morgan fingerprint density at radius 1 is 1.35 bits per heavy atom. The molecular formula is C14H25ClN4O. The topological polar surface area (TPSA) is 69.8 Å². The van der Waals surface area contributed by atoms with Gasteiger partial charge in [0.2, 0.25) is 5.91 Å². The summed E-state index contributed by atoms with van der Waals surface area (Å²) in [5.74, 6) is 1.24. The first-order valence-corrected chi connectivity index (χ1v) is 7.29. The first-order chi connectivity index (χ1) is 9.29. The number of carbonyl (C=O) groups is 1. The fraction of sp³-hybridized carbons (Fsp3) is 0.714. The summed E-state index contributed by atoms with van der Waals surface area (Å²) in [6, 6.07) is 1.99. The number of carbonyl (C=O) groups excluding carboxylic acids is 1. The quantitative estimate of drug-likeness (QED) is 0.732. The van der Waals surface area contributed by atoms with Gasteiger partial charge in [-0.25, -0.2) is 0 Å². The average Bonchev–Trinajstić information content (AvgIpc) is 2.70. The molecule has 6 heteroatoms. The van der Waals surface area contributed by atoms with Crippen LogP contribution in [0.15, 0.2) is 6.07 Å². The number of nitrogens with zero attached hydrogens (tertiary/aromatic N) is 1. The zero-order valence-electron chi connectivity index (χ0n) is 12.1. The van der Waals surface area contributed by atoms with Crippen LogP contribution in [0.5, 0.6) is 0 Å². The van der Waals surface area contributed by atoms with Gasteiger partial charge in [0, 0.05) is 30.6 Å². The van der Waals surface area contributed by atoms with E-state index in [0.717, 1.165) is 0 Å². The van der Waals surface area contributed by atoms with Crippen LogP contribution in [0.25, 0.3) is 0 Å². The Morgan fingerprint density at radius 2 is 2.05 bits per heavy atom. The Kier molecular flexibility index (Phi) is 7.62. The smallest absolute Gasteiger partial charge is 0.226 e. The predicted molar refractivity (Wildman–Crippen MR) is 83.5 cm³/mol. The number of aromatic amines is 1. The van der Waals surface area contributed by atoms with Crippen molar-refractivity contribution in [2.45, 2.75) is 50.9 Å². The summed E-state index contributed by atoms with van der Waals surface area (Å²) >= 11 is 0. The molecule has 114 valence electrons. The van der Waals surface area contributed by atoms with Gasteiger partial charge in [0.15, 0.2) is 5.82 Å². The molecule has 1 aromatic heterocycles. The van der Waals surface area contributed by atoms with Gasteiger partial charge < -0.3 is 10.6 Å². The van der Waals surface area contributed by atoms with Gasteiger partial charge in [-0.1, -0.05) is 25.7 Å². The van der Waals surface area contributed by atoms with E-state index in [1.165, 1.54) is 44.2 Å². The number of rotatable bonds is 5. The van der Waals surface area contributed by atoms with Gasteiger partial charge >= 0.3 is 0 Å². The highest BCUT2D eigenvalue weighted by atomic mass is 35.5. The van der Waals surface area contributed by atoms with E-state index < -0.39 is 0 Å². The Hall–Kier alpha value is -1.07. The SMILES string of the molecule is CNCCC(=O)Nc1cc(C2CCCCCC2)[nH]n1.Cl. The third kappa shape index (κ3) is 5.13. The van der Waals surface area contributed by atoms with E-state index in [1.54, 1.807) is 0 Å². The number of H-pyrrole nitrogens is 1. The number of amides is 1. The lowest BCUT2D eigenvalue weighted by molar-refractivity contribution is -0.116. The highest BCUT2D eigenvalue weighted by molar-refractivity contribution is 5.89. The largest absolute Gasteiger partial charge is 0.319 e. The fourth-order valence-electron chi connectivity index (χ4n) is 2.64. The van der Waals surface area contributed by atoms with E-state index >= 15 is 0 Å². The maximum atomic E-state index is 11.6. The van der Waals surface area contributed by atoms with Gasteiger partial charge in [0.1, 0.15) is 0 Å². The zero-order chi connectivity index (χ0) is 13.5. The molecule has 1 aliphatic rings. The predicted octanol–water partition coefficient (Wildman–Crippen LogP) is 2.82. The normalized spacial score (nSPS) is 16.2. The van der Waals surface area contributed by atoms with E-state index in [9.17, 15) is 4.79 Å². The van der Waals surface area contributed by atoms with Gasteiger partial charge in [0.05, 0.1) is 0 Å². The number of nitrogens with one attached hydrogen (secondary N) is 3. The maximum Gasteiger partial charge on any atom is 0.226 e. The van der Waals surface area contributed by atoms with Crippen LogP contribution >= 0.6 is 12.4 Å². The number of aromatic nitrogens is 2. The van der Waals surface area contributed by atoms with Crippen molar-refractivity contribution >= 4 is 24.1 Å². The van der Waals surface area contributed by atoms with Gasteiger partial charge in [-0.15, -0.1) is 12.4 Å². The van der Waals surface area contributed by atoms with Crippen molar-refractivity contribution in [1.82, 2.24) is 15.5 Å². The van der Waals surface area contributed by atoms with Crippen LogP contribution in [0, 0.1) is 0 Å². The Balaban J connectivity index is 0.00000200. The molecule has 0 spiro atoms. The van der Waals surface area contributed by atoms with E-state index in [1.807, 2.05) is 13.1 Å². The number of hydrogen-bond acceptors (Lipinski definition) is 3. The maximum absolute atomic E-state index is 11.6. The lowest BCUT2D eigenvalue weighted by Crippen LogP contribution is -2.18. The summed E-state index contributed by atoms with van der Waals surface area (Å²) in [7, 11) is 1.84. The molecule has 0 radical (unpaired) electrons. The molecule has 0 aliphatic heterocycles. The fourth-order valence-corrected chi connectivity index (χ4v) is 2.64. The third-order valence-corrected chi connectivity index (χ3v) is 3.76. The van der Waals surface area contributed by atoms with Crippen LogP contribution in [0.1, 0.15) is 56.6 Å². The highest BCUT2D eigenvalue weighted by Crippen LogP contribution is 2.31. The van der Waals surface area contributed by atoms with E-state index in [-0.39, 0.29) is 18.3 Å². The standard InChI is InChI=1S/C14H24N4O.ClH/c1-15-9-8-14(19)16-13-10-12(17-18-13)11-6-4-2-3-5-7-11;/h10-11,15H,2-9H2,1H3,(H2,16,17,18,19);1H. The van der Waals surface area contributed by atoms with E-state index in [2.05, 4.69) is 20.8 Å². The molecule has 0 bridgehead atoms. The van der Waals surface area contributed by atoms with Crippen LogP contribution in [0.2, 0.25) is 0 Å². The van der Waals surface area contributed by atoms with Crippen molar-refractivity contribution < 1.29 is 4.79 Å². The number of halogens is 1. The second kappa shape index (κ2) is 8.97.